The molecule has 5 nitrogen and oxygen atoms in total. The average Bonchev–Trinajstić information content (AvgIpc) is 2.29. The average molecular weight is 264 g/mol. The lowest BCUT2D eigenvalue weighted by Gasteiger charge is -2.26. The van der Waals surface area contributed by atoms with E-state index >= 15 is 0 Å². The third-order valence-corrected chi connectivity index (χ3v) is 4.88. The van der Waals surface area contributed by atoms with Gasteiger partial charge in [0.05, 0.1) is 24.4 Å². The van der Waals surface area contributed by atoms with Crippen LogP contribution in [-0.2, 0) is 19.4 Å². The first-order valence-corrected chi connectivity index (χ1v) is 7.81. The molecule has 0 unspecified atom stereocenters. The number of hydrogen-bond donors (Lipinski definition) is 1. The molecule has 6 heteroatoms. The largest absolute Gasteiger partial charge is 0.481 e. The number of hydrogen-bond acceptors (Lipinski definition) is 4. The van der Waals surface area contributed by atoms with E-state index in [4.69, 9.17) is 9.84 Å². The number of carboxylic acids is 1. The maximum atomic E-state index is 11.2. The minimum atomic E-state index is -2.96. The maximum absolute atomic E-state index is 11.2. The summed E-state index contributed by atoms with van der Waals surface area (Å²) in [4.78, 5) is 10.7. The zero-order valence-corrected chi connectivity index (χ0v) is 10.9. The van der Waals surface area contributed by atoms with Crippen LogP contribution in [0.3, 0.4) is 0 Å². The van der Waals surface area contributed by atoms with Crippen molar-refractivity contribution in [3.05, 3.63) is 0 Å². The molecule has 0 aromatic heterocycles. The summed E-state index contributed by atoms with van der Waals surface area (Å²) in [7, 11) is -2.96. The molecule has 17 heavy (non-hydrogen) atoms. The van der Waals surface area contributed by atoms with Gasteiger partial charge in [0, 0.05) is 5.75 Å². The zero-order chi connectivity index (χ0) is 12.9. The molecule has 0 saturated heterocycles. The fourth-order valence-corrected chi connectivity index (χ4v) is 2.60. The second-order valence-electron chi connectivity index (χ2n) is 4.42. The number of carbonyl (C=O) groups is 1. The molecule has 0 atom stereocenters. The Bertz CT molecular complexity index is 341. The topological polar surface area (TPSA) is 80.7 Å². The van der Waals surface area contributed by atoms with Gasteiger partial charge in [-0.3, -0.25) is 4.79 Å². The van der Waals surface area contributed by atoms with Gasteiger partial charge in [0.25, 0.3) is 0 Å². The first kappa shape index (κ1) is 14.4. The zero-order valence-electron chi connectivity index (χ0n) is 10.1. The molecule has 0 aliphatic heterocycles. The quantitative estimate of drug-likeness (QED) is 0.776. The second-order valence-corrected chi connectivity index (χ2v) is 6.89. The number of aliphatic carboxylic acids is 1. The molecular formula is C11H20O5S. The SMILES string of the molecule is CCS(=O)(=O)CCOC1CCC(C(=O)O)CC1. The van der Waals surface area contributed by atoms with Gasteiger partial charge in [0.1, 0.15) is 0 Å². The third kappa shape index (κ3) is 5.04. The maximum Gasteiger partial charge on any atom is 0.306 e. The van der Waals surface area contributed by atoms with E-state index in [1.165, 1.54) is 0 Å². The Hall–Kier alpha value is -0.620. The van der Waals surface area contributed by atoms with Crippen molar-refractivity contribution in [1.29, 1.82) is 0 Å². The van der Waals surface area contributed by atoms with E-state index in [0.29, 0.717) is 25.7 Å². The van der Waals surface area contributed by atoms with E-state index in [1.54, 1.807) is 6.92 Å². The van der Waals surface area contributed by atoms with Crippen molar-refractivity contribution in [3.63, 3.8) is 0 Å². The minimum absolute atomic E-state index is 0.0256. The summed E-state index contributed by atoms with van der Waals surface area (Å²) < 4.78 is 27.9. The first-order valence-electron chi connectivity index (χ1n) is 5.99. The summed E-state index contributed by atoms with van der Waals surface area (Å²) in [6.45, 7) is 1.84. The minimum Gasteiger partial charge on any atom is -0.481 e. The molecule has 1 rings (SSSR count). The van der Waals surface area contributed by atoms with Crippen LogP contribution in [0.2, 0.25) is 0 Å². The third-order valence-electron chi connectivity index (χ3n) is 3.21. The van der Waals surface area contributed by atoms with Crippen LogP contribution in [0.25, 0.3) is 0 Å². The smallest absolute Gasteiger partial charge is 0.306 e. The molecule has 1 aliphatic rings. The van der Waals surface area contributed by atoms with E-state index in [-0.39, 0.29) is 30.1 Å². The van der Waals surface area contributed by atoms with Gasteiger partial charge in [-0.25, -0.2) is 8.42 Å². The van der Waals surface area contributed by atoms with E-state index in [0.717, 1.165) is 0 Å². The Kier molecular flexibility index (Phi) is 5.39. The molecule has 100 valence electrons. The highest BCUT2D eigenvalue weighted by Gasteiger charge is 2.26. The fourth-order valence-electron chi connectivity index (χ4n) is 1.96. The van der Waals surface area contributed by atoms with Crippen LogP contribution in [0, 0.1) is 5.92 Å². The van der Waals surface area contributed by atoms with Gasteiger partial charge in [-0.05, 0) is 25.7 Å². The summed E-state index contributed by atoms with van der Waals surface area (Å²) in [5, 5.41) is 8.82. The highest BCUT2D eigenvalue weighted by Crippen LogP contribution is 2.26. The van der Waals surface area contributed by atoms with Gasteiger partial charge < -0.3 is 9.84 Å². The summed E-state index contributed by atoms with van der Waals surface area (Å²) >= 11 is 0. The monoisotopic (exact) mass is 264 g/mol. The number of ether oxygens (including phenoxy) is 1. The highest BCUT2D eigenvalue weighted by molar-refractivity contribution is 7.91. The number of sulfone groups is 1. The lowest BCUT2D eigenvalue weighted by molar-refractivity contribution is -0.143. The number of carboxylic acid groups (broad SMARTS) is 1. The predicted molar refractivity (Wildman–Crippen MR) is 63.7 cm³/mol. The van der Waals surface area contributed by atoms with Crippen LogP contribution in [0.5, 0.6) is 0 Å². The molecule has 0 bridgehead atoms. The molecule has 0 aromatic carbocycles. The Morgan fingerprint density at radius 1 is 1.29 bits per heavy atom. The Labute approximate surface area is 102 Å². The van der Waals surface area contributed by atoms with Crippen LogP contribution in [-0.4, -0.2) is 43.7 Å². The van der Waals surface area contributed by atoms with Crippen molar-refractivity contribution in [2.24, 2.45) is 5.92 Å². The molecule has 0 heterocycles. The van der Waals surface area contributed by atoms with Crippen LogP contribution >= 0.6 is 0 Å². The van der Waals surface area contributed by atoms with Crippen molar-refractivity contribution in [1.82, 2.24) is 0 Å². The van der Waals surface area contributed by atoms with Gasteiger partial charge in [-0.1, -0.05) is 6.92 Å². The van der Waals surface area contributed by atoms with Crippen molar-refractivity contribution >= 4 is 15.8 Å². The van der Waals surface area contributed by atoms with Crippen molar-refractivity contribution in [3.8, 4) is 0 Å². The van der Waals surface area contributed by atoms with Gasteiger partial charge in [0.15, 0.2) is 9.84 Å². The lowest BCUT2D eigenvalue weighted by atomic mass is 9.87. The van der Waals surface area contributed by atoms with Gasteiger partial charge in [0.2, 0.25) is 0 Å². The molecule has 0 amide bonds. The Balaban J connectivity index is 2.21. The van der Waals surface area contributed by atoms with Crippen LogP contribution in [0.15, 0.2) is 0 Å². The van der Waals surface area contributed by atoms with Crippen LogP contribution in [0.1, 0.15) is 32.6 Å². The lowest BCUT2D eigenvalue weighted by Crippen LogP contribution is -2.27. The molecule has 1 N–H and O–H groups in total. The van der Waals surface area contributed by atoms with E-state index < -0.39 is 15.8 Å². The normalized spacial score (nSPS) is 25.7. The summed E-state index contributed by atoms with van der Waals surface area (Å²) in [5.41, 5.74) is 0. The predicted octanol–water partition coefficient (Wildman–Crippen LogP) is 1.08. The van der Waals surface area contributed by atoms with E-state index in [1.807, 2.05) is 0 Å². The second kappa shape index (κ2) is 6.35. The van der Waals surface area contributed by atoms with Crippen molar-refractivity contribution < 1.29 is 23.1 Å². The van der Waals surface area contributed by atoms with Crippen molar-refractivity contribution in [2.45, 2.75) is 38.7 Å². The molecule has 0 radical (unpaired) electrons. The molecule has 1 fully saturated rings. The molecular weight excluding hydrogens is 244 g/mol. The Morgan fingerprint density at radius 3 is 2.35 bits per heavy atom. The van der Waals surface area contributed by atoms with E-state index in [9.17, 15) is 13.2 Å². The van der Waals surface area contributed by atoms with Crippen LogP contribution in [0.4, 0.5) is 0 Å². The fraction of sp³-hybridized carbons (Fsp3) is 0.909. The molecule has 1 aliphatic carbocycles. The first-order chi connectivity index (χ1) is 7.94. The van der Waals surface area contributed by atoms with E-state index in [2.05, 4.69) is 0 Å². The highest BCUT2D eigenvalue weighted by atomic mass is 32.2. The molecule has 1 saturated carbocycles. The summed E-state index contributed by atoms with van der Waals surface area (Å²) in [5.74, 6) is -0.795. The summed E-state index contributed by atoms with van der Waals surface area (Å²) in [6, 6.07) is 0. The van der Waals surface area contributed by atoms with Gasteiger partial charge in [-0.2, -0.15) is 0 Å². The van der Waals surface area contributed by atoms with Crippen molar-refractivity contribution in [2.75, 3.05) is 18.1 Å². The van der Waals surface area contributed by atoms with Gasteiger partial charge >= 0.3 is 5.97 Å². The molecule has 0 aromatic rings. The Morgan fingerprint density at radius 2 is 1.88 bits per heavy atom. The standard InChI is InChI=1S/C11H20O5S/c1-2-17(14,15)8-7-16-10-5-3-9(4-6-10)11(12)13/h9-10H,2-8H2,1H3,(H,12,13). The molecule has 0 spiro atoms. The summed E-state index contributed by atoms with van der Waals surface area (Å²) in [6.07, 6.45) is 2.70. The number of rotatable bonds is 6. The van der Waals surface area contributed by atoms with Gasteiger partial charge in [-0.15, -0.1) is 0 Å². The van der Waals surface area contributed by atoms with Crippen LogP contribution < -0.4 is 0 Å².